The third kappa shape index (κ3) is 2.68. The minimum Gasteiger partial charge on any atom is -0.497 e. The number of fused-ring (bicyclic) bond motifs is 1. The van der Waals surface area contributed by atoms with Gasteiger partial charge in [0.05, 0.1) is 19.6 Å². The van der Waals surface area contributed by atoms with E-state index in [0.29, 0.717) is 18.3 Å². The second-order valence-electron chi connectivity index (χ2n) is 5.48. The molecular weight excluding hydrogens is 282 g/mol. The highest BCUT2D eigenvalue weighted by atomic mass is 16.5. The molecule has 1 aromatic heterocycles. The zero-order chi connectivity index (χ0) is 15.7. The molecule has 6 heteroatoms. The third-order valence-corrected chi connectivity index (χ3v) is 4.09. The van der Waals surface area contributed by atoms with Crippen LogP contribution in [0.5, 0.6) is 5.75 Å². The fourth-order valence-electron chi connectivity index (χ4n) is 2.91. The molecule has 0 saturated heterocycles. The van der Waals surface area contributed by atoms with Gasteiger partial charge in [0.2, 0.25) is 11.8 Å². The molecule has 0 spiro atoms. The molecule has 6 nitrogen and oxygen atoms in total. The fraction of sp³-hybridized carbons (Fsp3) is 0.438. The Labute approximate surface area is 129 Å². The molecule has 0 bridgehead atoms. The van der Waals surface area contributed by atoms with Crippen LogP contribution >= 0.6 is 0 Å². The summed E-state index contributed by atoms with van der Waals surface area (Å²) in [6.45, 7) is 4.46. The van der Waals surface area contributed by atoms with Crippen molar-refractivity contribution in [3.63, 3.8) is 0 Å². The average molecular weight is 301 g/mol. The van der Waals surface area contributed by atoms with Gasteiger partial charge in [-0.3, -0.25) is 4.79 Å². The maximum Gasteiger partial charge on any atom is 0.230 e. The van der Waals surface area contributed by atoms with E-state index in [1.54, 1.807) is 14.0 Å². The summed E-state index contributed by atoms with van der Waals surface area (Å²) in [6, 6.07) is 6.07. The lowest BCUT2D eigenvalue weighted by molar-refractivity contribution is -0.133. The van der Waals surface area contributed by atoms with Crippen LogP contribution in [-0.4, -0.2) is 34.6 Å². The smallest absolute Gasteiger partial charge is 0.230 e. The number of aryl methyl sites for hydroxylation is 1. The van der Waals surface area contributed by atoms with Crippen LogP contribution < -0.4 is 4.74 Å². The molecule has 1 aromatic carbocycles. The van der Waals surface area contributed by atoms with Crippen LogP contribution in [-0.2, 0) is 17.6 Å². The van der Waals surface area contributed by atoms with Gasteiger partial charge in [-0.05, 0) is 36.6 Å². The fourth-order valence-corrected chi connectivity index (χ4v) is 2.91. The number of methoxy groups -OCH3 is 1. The number of hydrogen-bond acceptors (Lipinski definition) is 5. The first kappa shape index (κ1) is 14.6. The maximum atomic E-state index is 12.5. The summed E-state index contributed by atoms with van der Waals surface area (Å²) in [5, 5.41) is 3.79. The van der Waals surface area contributed by atoms with Crippen molar-refractivity contribution in [1.29, 1.82) is 0 Å². The number of ether oxygens (including phenoxy) is 1. The summed E-state index contributed by atoms with van der Waals surface area (Å²) >= 11 is 0. The van der Waals surface area contributed by atoms with E-state index in [9.17, 15) is 4.79 Å². The average Bonchev–Trinajstić information content (AvgIpc) is 2.92. The van der Waals surface area contributed by atoms with E-state index >= 15 is 0 Å². The molecule has 116 valence electrons. The first-order valence-corrected chi connectivity index (χ1v) is 7.34. The number of carbonyl (C=O) groups is 1. The molecular formula is C16H19N3O3. The Morgan fingerprint density at radius 1 is 1.50 bits per heavy atom. The summed E-state index contributed by atoms with van der Waals surface area (Å²) in [6.07, 6.45) is 1.02. The quantitative estimate of drug-likeness (QED) is 0.868. The molecule has 2 aromatic rings. The van der Waals surface area contributed by atoms with E-state index < -0.39 is 0 Å². The van der Waals surface area contributed by atoms with Crippen molar-refractivity contribution in [3.05, 3.63) is 41.0 Å². The lowest BCUT2D eigenvalue weighted by atomic mass is 9.93. The Hall–Kier alpha value is -2.37. The molecule has 22 heavy (non-hydrogen) atoms. The molecule has 1 amide bonds. The predicted molar refractivity (Wildman–Crippen MR) is 79.6 cm³/mol. The van der Waals surface area contributed by atoms with Crippen molar-refractivity contribution in [3.8, 4) is 5.75 Å². The Balaban J connectivity index is 1.79. The minimum atomic E-state index is 0.0133. The van der Waals surface area contributed by atoms with Crippen molar-refractivity contribution >= 4 is 5.91 Å². The van der Waals surface area contributed by atoms with Crippen LogP contribution in [0.3, 0.4) is 0 Å². The van der Waals surface area contributed by atoms with Crippen molar-refractivity contribution in [2.24, 2.45) is 0 Å². The van der Waals surface area contributed by atoms with Crippen molar-refractivity contribution in [2.45, 2.75) is 32.7 Å². The van der Waals surface area contributed by atoms with Crippen molar-refractivity contribution in [2.75, 3.05) is 13.7 Å². The van der Waals surface area contributed by atoms with Gasteiger partial charge in [-0.15, -0.1) is 0 Å². The second-order valence-corrected chi connectivity index (χ2v) is 5.48. The Bertz CT molecular complexity index is 696. The monoisotopic (exact) mass is 301 g/mol. The van der Waals surface area contributed by atoms with Gasteiger partial charge in [0, 0.05) is 13.5 Å². The molecule has 0 N–H and O–H groups in total. The van der Waals surface area contributed by atoms with Crippen LogP contribution in [0.25, 0.3) is 0 Å². The van der Waals surface area contributed by atoms with Crippen molar-refractivity contribution < 1.29 is 14.1 Å². The van der Waals surface area contributed by atoms with Gasteiger partial charge in [-0.25, -0.2) is 0 Å². The van der Waals surface area contributed by atoms with Gasteiger partial charge < -0.3 is 14.2 Å². The van der Waals surface area contributed by atoms with Gasteiger partial charge >= 0.3 is 0 Å². The van der Waals surface area contributed by atoms with E-state index in [4.69, 9.17) is 9.26 Å². The normalized spacial score (nSPS) is 17.2. The highest BCUT2D eigenvalue weighted by molar-refractivity contribution is 5.78. The summed E-state index contributed by atoms with van der Waals surface area (Å²) in [5.41, 5.74) is 2.41. The second kappa shape index (κ2) is 5.79. The zero-order valence-corrected chi connectivity index (χ0v) is 13.0. The van der Waals surface area contributed by atoms with Gasteiger partial charge in [0.1, 0.15) is 5.75 Å². The molecule has 2 heterocycles. The van der Waals surface area contributed by atoms with Gasteiger partial charge in [-0.1, -0.05) is 11.2 Å². The zero-order valence-electron chi connectivity index (χ0n) is 13.0. The van der Waals surface area contributed by atoms with E-state index in [0.717, 1.165) is 17.7 Å². The van der Waals surface area contributed by atoms with Crippen molar-refractivity contribution in [1.82, 2.24) is 15.0 Å². The van der Waals surface area contributed by atoms with E-state index in [1.807, 2.05) is 24.0 Å². The molecule has 3 rings (SSSR count). The Kier molecular flexibility index (Phi) is 3.83. The molecule has 1 aliphatic rings. The van der Waals surface area contributed by atoms with E-state index in [-0.39, 0.29) is 18.4 Å². The number of benzene rings is 1. The van der Waals surface area contributed by atoms with E-state index in [2.05, 4.69) is 16.2 Å². The van der Waals surface area contributed by atoms with Crippen LogP contribution in [0, 0.1) is 6.92 Å². The largest absolute Gasteiger partial charge is 0.497 e. The first-order valence-electron chi connectivity index (χ1n) is 7.34. The van der Waals surface area contributed by atoms with Gasteiger partial charge in [-0.2, -0.15) is 4.98 Å². The van der Waals surface area contributed by atoms with Crippen LogP contribution in [0.1, 0.15) is 35.8 Å². The molecule has 1 atom stereocenters. The summed E-state index contributed by atoms with van der Waals surface area (Å²) < 4.78 is 10.2. The number of hydrogen-bond donors (Lipinski definition) is 0. The summed E-state index contributed by atoms with van der Waals surface area (Å²) in [4.78, 5) is 18.5. The number of carbonyl (C=O) groups excluding carboxylic acids is 1. The highest BCUT2D eigenvalue weighted by Crippen LogP contribution is 2.32. The number of aromatic nitrogens is 2. The third-order valence-electron chi connectivity index (χ3n) is 4.09. The highest BCUT2D eigenvalue weighted by Gasteiger charge is 2.28. The lowest BCUT2D eigenvalue weighted by Crippen LogP contribution is -2.39. The molecule has 0 saturated carbocycles. The standard InChI is InChI=1S/C16H19N3O3/c1-10-14-8-13(21-3)5-4-12(14)6-7-19(10)16(20)9-15-17-11(2)22-18-15/h4-5,8,10H,6-7,9H2,1-3H3. The number of amides is 1. The van der Waals surface area contributed by atoms with Crippen LogP contribution in [0.2, 0.25) is 0 Å². The Morgan fingerprint density at radius 2 is 2.32 bits per heavy atom. The number of rotatable bonds is 3. The summed E-state index contributed by atoms with van der Waals surface area (Å²) in [7, 11) is 1.65. The minimum absolute atomic E-state index is 0.0133. The van der Waals surface area contributed by atoms with Gasteiger partial charge in [0.25, 0.3) is 0 Å². The molecule has 0 aliphatic carbocycles. The lowest BCUT2D eigenvalue weighted by Gasteiger charge is -2.35. The topological polar surface area (TPSA) is 68.5 Å². The van der Waals surface area contributed by atoms with Crippen LogP contribution in [0.15, 0.2) is 22.7 Å². The van der Waals surface area contributed by atoms with Gasteiger partial charge in [0.15, 0.2) is 5.82 Å². The SMILES string of the molecule is COc1ccc2c(c1)C(C)N(C(=O)Cc1noc(C)n1)CC2. The summed E-state index contributed by atoms with van der Waals surface area (Å²) in [5.74, 6) is 1.74. The predicted octanol–water partition coefficient (Wildman–Crippen LogP) is 2.08. The Morgan fingerprint density at radius 3 is 3.00 bits per heavy atom. The molecule has 1 aliphatic heterocycles. The molecule has 1 unspecified atom stereocenters. The molecule has 0 fully saturated rings. The first-order chi connectivity index (χ1) is 10.6. The molecule has 0 radical (unpaired) electrons. The van der Waals surface area contributed by atoms with Crippen LogP contribution in [0.4, 0.5) is 0 Å². The number of nitrogens with zero attached hydrogens (tertiary/aromatic N) is 3. The van der Waals surface area contributed by atoms with E-state index in [1.165, 1.54) is 5.56 Å². The maximum absolute atomic E-state index is 12.5.